The van der Waals surface area contributed by atoms with Gasteiger partial charge in [0.05, 0.1) is 35.0 Å². The Bertz CT molecular complexity index is 927. The number of halogens is 1. The molecule has 0 unspecified atom stereocenters. The lowest BCUT2D eigenvalue weighted by atomic mass is 9.78. The van der Waals surface area contributed by atoms with Gasteiger partial charge < -0.3 is 20.0 Å². The fourth-order valence-corrected chi connectivity index (χ4v) is 5.70. The van der Waals surface area contributed by atoms with Gasteiger partial charge in [-0.05, 0) is 51.0 Å². The lowest BCUT2D eigenvalue weighted by Gasteiger charge is -2.41. The summed E-state index contributed by atoms with van der Waals surface area (Å²) in [5.41, 5.74) is -0.118. The maximum atomic E-state index is 13.5. The van der Waals surface area contributed by atoms with Crippen molar-refractivity contribution in [2.45, 2.75) is 57.1 Å². The van der Waals surface area contributed by atoms with Crippen LogP contribution >= 0.6 is 11.6 Å². The number of anilines is 2. The average Bonchev–Trinajstić information content (AvgIpc) is 3.07. The standard InChI is InChI=1S/C23H29ClN4O4/c1-2-10-28(22(31)32)17-13-19(24)20(25-14-17)26-11-3-8-23(15-26)9-12-27(21(23)30)16-4-6-18(29)7-5-16/h1,13-14,16,18,29H,3-12,15H2,(H,31,32)/t16?,18?,23-/m1/s1. The number of terminal acetylenes is 1. The minimum absolute atomic E-state index is 0.0952. The second kappa shape index (κ2) is 9.16. The zero-order chi connectivity index (χ0) is 22.9. The van der Waals surface area contributed by atoms with Crippen LogP contribution in [0.25, 0.3) is 0 Å². The summed E-state index contributed by atoms with van der Waals surface area (Å²) >= 11 is 6.51. The maximum absolute atomic E-state index is 13.5. The van der Waals surface area contributed by atoms with Gasteiger partial charge in [-0.25, -0.2) is 9.78 Å². The summed E-state index contributed by atoms with van der Waals surface area (Å²) in [6.45, 7) is 1.95. The van der Waals surface area contributed by atoms with Crippen molar-refractivity contribution >= 4 is 35.1 Å². The molecule has 4 rings (SSSR count). The molecule has 2 N–H and O–H groups in total. The van der Waals surface area contributed by atoms with Crippen LogP contribution in [-0.2, 0) is 4.79 Å². The predicted octanol–water partition coefficient (Wildman–Crippen LogP) is 2.98. The largest absolute Gasteiger partial charge is 0.465 e. The molecule has 1 aliphatic carbocycles. The van der Waals surface area contributed by atoms with Crippen molar-refractivity contribution in [1.29, 1.82) is 0 Å². The number of pyridine rings is 1. The van der Waals surface area contributed by atoms with Gasteiger partial charge in [-0.15, -0.1) is 6.42 Å². The van der Waals surface area contributed by atoms with Crippen LogP contribution in [0.15, 0.2) is 12.3 Å². The summed E-state index contributed by atoms with van der Waals surface area (Å²) in [5.74, 6) is 3.10. The third-order valence-electron chi connectivity index (χ3n) is 7.13. The van der Waals surface area contributed by atoms with E-state index in [1.54, 1.807) is 6.07 Å². The molecule has 1 aromatic rings. The summed E-state index contributed by atoms with van der Waals surface area (Å²) in [4.78, 5) is 34.5. The Morgan fingerprint density at radius 2 is 2.06 bits per heavy atom. The van der Waals surface area contributed by atoms with Crippen LogP contribution in [-0.4, -0.2) is 70.4 Å². The lowest BCUT2D eigenvalue weighted by Crippen LogP contribution is -2.50. The van der Waals surface area contributed by atoms with Gasteiger partial charge in [-0.1, -0.05) is 17.5 Å². The van der Waals surface area contributed by atoms with Crippen molar-refractivity contribution in [3.8, 4) is 12.3 Å². The first-order chi connectivity index (χ1) is 15.3. The average molecular weight is 461 g/mol. The van der Waals surface area contributed by atoms with E-state index in [-0.39, 0.29) is 24.6 Å². The van der Waals surface area contributed by atoms with Crippen LogP contribution in [0.3, 0.4) is 0 Å². The summed E-state index contributed by atoms with van der Waals surface area (Å²) in [6, 6.07) is 1.78. The molecule has 8 nitrogen and oxygen atoms in total. The second-order valence-electron chi connectivity index (χ2n) is 9.09. The zero-order valence-corrected chi connectivity index (χ0v) is 18.8. The molecule has 172 valence electrons. The summed E-state index contributed by atoms with van der Waals surface area (Å²) < 4.78 is 0. The highest BCUT2D eigenvalue weighted by molar-refractivity contribution is 6.33. The maximum Gasteiger partial charge on any atom is 0.412 e. The number of likely N-dealkylation sites (tertiary alicyclic amines) is 1. The SMILES string of the molecule is C#CCN(C(=O)O)c1cnc(N2CCC[C@@]3(CCN(C4CCC(O)CC4)C3=O)C2)c(Cl)c1. The van der Waals surface area contributed by atoms with E-state index >= 15 is 0 Å². The van der Waals surface area contributed by atoms with Crippen molar-refractivity contribution in [3.05, 3.63) is 17.3 Å². The van der Waals surface area contributed by atoms with E-state index in [9.17, 15) is 19.8 Å². The van der Waals surface area contributed by atoms with Crippen molar-refractivity contribution in [2.75, 3.05) is 36.0 Å². The summed E-state index contributed by atoms with van der Waals surface area (Å²) in [5, 5.41) is 19.5. The molecule has 9 heteroatoms. The number of carbonyl (C=O) groups is 2. The fourth-order valence-electron chi connectivity index (χ4n) is 5.42. The molecule has 1 atom stereocenters. The number of aliphatic hydroxyl groups excluding tert-OH is 1. The molecule has 2 saturated heterocycles. The van der Waals surface area contributed by atoms with Crippen LogP contribution in [0.1, 0.15) is 44.9 Å². The molecule has 32 heavy (non-hydrogen) atoms. The first-order valence-electron chi connectivity index (χ1n) is 11.2. The van der Waals surface area contributed by atoms with Gasteiger partial charge in [-0.3, -0.25) is 9.69 Å². The molecular weight excluding hydrogens is 432 g/mol. The van der Waals surface area contributed by atoms with Crippen LogP contribution in [0.5, 0.6) is 0 Å². The summed E-state index contributed by atoms with van der Waals surface area (Å²) in [6.07, 6.45) is 11.1. The Morgan fingerprint density at radius 3 is 2.72 bits per heavy atom. The topological polar surface area (TPSA) is 97.2 Å². The number of hydrogen-bond acceptors (Lipinski definition) is 5. The van der Waals surface area contributed by atoms with Crippen LogP contribution in [0, 0.1) is 17.8 Å². The Morgan fingerprint density at radius 1 is 1.31 bits per heavy atom. The Balaban J connectivity index is 1.50. The molecule has 1 aromatic heterocycles. The molecule has 0 bridgehead atoms. The van der Waals surface area contributed by atoms with Gasteiger partial charge in [0.25, 0.3) is 0 Å². The first-order valence-corrected chi connectivity index (χ1v) is 11.6. The number of carboxylic acid groups (broad SMARTS) is 1. The fraction of sp³-hybridized carbons (Fsp3) is 0.609. The van der Waals surface area contributed by atoms with Gasteiger partial charge in [0.1, 0.15) is 5.82 Å². The van der Waals surface area contributed by atoms with Crippen LogP contribution < -0.4 is 9.80 Å². The molecule has 3 aliphatic rings. The van der Waals surface area contributed by atoms with E-state index in [4.69, 9.17) is 18.0 Å². The quantitative estimate of drug-likeness (QED) is 0.670. The highest BCUT2D eigenvalue weighted by Gasteiger charge is 2.51. The zero-order valence-electron chi connectivity index (χ0n) is 18.0. The second-order valence-corrected chi connectivity index (χ2v) is 9.50. The van der Waals surface area contributed by atoms with Crippen molar-refractivity contribution in [2.24, 2.45) is 5.41 Å². The van der Waals surface area contributed by atoms with E-state index in [2.05, 4.69) is 10.9 Å². The van der Waals surface area contributed by atoms with E-state index < -0.39 is 11.5 Å². The minimum Gasteiger partial charge on any atom is -0.465 e. The van der Waals surface area contributed by atoms with Gasteiger partial charge >= 0.3 is 6.09 Å². The molecule has 0 radical (unpaired) electrons. The van der Waals surface area contributed by atoms with Gasteiger partial charge in [0, 0.05) is 25.7 Å². The van der Waals surface area contributed by atoms with Gasteiger partial charge in [0.2, 0.25) is 5.91 Å². The number of aliphatic hydroxyl groups is 1. The van der Waals surface area contributed by atoms with Gasteiger partial charge in [-0.2, -0.15) is 0 Å². The van der Waals surface area contributed by atoms with E-state index in [1.807, 2.05) is 9.80 Å². The Hall–Kier alpha value is -2.50. The normalized spacial score (nSPS) is 28.1. The number of nitrogens with zero attached hydrogens (tertiary/aromatic N) is 4. The van der Waals surface area contributed by atoms with Crippen LogP contribution in [0.4, 0.5) is 16.3 Å². The van der Waals surface area contributed by atoms with Crippen molar-refractivity contribution < 1.29 is 19.8 Å². The number of aromatic nitrogens is 1. The number of amides is 2. The van der Waals surface area contributed by atoms with E-state index in [0.29, 0.717) is 23.1 Å². The van der Waals surface area contributed by atoms with Crippen LogP contribution in [0.2, 0.25) is 5.02 Å². The number of piperidine rings is 1. The molecule has 2 aliphatic heterocycles. The lowest BCUT2D eigenvalue weighted by molar-refractivity contribution is -0.139. The number of hydrogen-bond donors (Lipinski definition) is 2. The number of carbonyl (C=O) groups excluding carboxylic acids is 1. The monoisotopic (exact) mass is 460 g/mol. The molecular formula is C23H29ClN4O4. The van der Waals surface area contributed by atoms with Crippen molar-refractivity contribution in [3.63, 3.8) is 0 Å². The van der Waals surface area contributed by atoms with E-state index in [1.165, 1.54) is 6.20 Å². The smallest absolute Gasteiger partial charge is 0.412 e. The van der Waals surface area contributed by atoms with Crippen molar-refractivity contribution in [1.82, 2.24) is 9.88 Å². The first kappa shape index (κ1) is 22.7. The Labute approximate surface area is 193 Å². The number of rotatable bonds is 4. The summed E-state index contributed by atoms with van der Waals surface area (Å²) in [7, 11) is 0. The highest BCUT2D eigenvalue weighted by atomic mass is 35.5. The minimum atomic E-state index is -1.17. The molecule has 2 amide bonds. The van der Waals surface area contributed by atoms with E-state index in [0.717, 1.165) is 62.9 Å². The molecule has 3 fully saturated rings. The Kier molecular flexibility index (Phi) is 6.50. The molecule has 3 heterocycles. The molecule has 1 saturated carbocycles. The third-order valence-corrected chi connectivity index (χ3v) is 7.41. The highest BCUT2D eigenvalue weighted by Crippen LogP contribution is 2.44. The predicted molar refractivity (Wildman–Crippen MR) is 122 cm³/mol. The molecule has 0 aromatic carbocycles. The molecule has 1 spiro atoms. The van der Waals surface area contributed by atoms with Gasteiger partial charge in [0.15, 0.2) is 0 Å². The third kappa shape index (κ3) is 4.24.